The Morgan fingerprint density at radius 1 is 1.50 bits per heavy atom. The van der Waals surface area contributed by atoms with Gasteiger partial charge in [-0.25, -0.2) is 0 Å². The molecule has 0 radical (unpaired) electrons. The fourth-order valence-electron chi connectivity index (χ4n) is 2.23. The maximum Gasteiger partial charge on any atom is 0.240 e. The zero-order chi connectivity index (χ0) is 15.9. The molecule has 0 saturated carbocycles. The maximum atomic E-state index is 12.3. The highest BCUT2D eigenvalue weighted by atomic mass is 32.2. The van der Waals surface area contributed by atoms with E-state index in [1.165, 1.54) is 23.1 Å². The van der Waals surface area contributed by atoms with Crippen LogP contribution in [0.25, 0.3) is 0 Å². The first-order valence-corrected chi connectivity index (χ1v) is 8.82. The summed E-state index contributed by atoms with van der Waals surface area (Å²) in [6.45, 7) is 4.83. The minimum Gasteiger partial charge on any atom is -0.368 e. The number of aromatic nitrogens is 2. The lowest BCUT2D eigenvalue weighted by Crippen LogP contribution is -2.51. The van der Waals surface area contributed by atoms with Crippen LogP contribution in [-0.4, -0.2) is 51.8 Å². The summed E-state index contributed by atoms with van der Waals surface area (Å²) in [5.41, 5.74) is 5.38. The quantitative estimate of drug-likeness (QED) is 0.569. The van der Waals surface area contributed by atoms with Gasteiger partial charge in [-0.05, 0) is 19.3 Å². The van der Waals surface area contributed by atoms with Gasteiger partial charge in [-0.15, -0.1) is 16.8 Å². The molecule has 1 fully saturated rings. The molecule has 0 unspecified atom stereocenters. The molecule has 1 aliphatic heterocycles. The van der Waals surface area contributed by atoms with Crippen molar-refractivity contribution >= 4 is 40.0 Å². The van der Waals surface area contributed by atoms with Gasteiger partial charge < -0.3 is 16.0 Å². The molecule has 1 aromatic heterocycles. The summed E-state index contributed by atoms with van der Waals surface area (Å²) in [7, 11) is 0. The van der Waals surface area contributed by atoms with E-state index >= 15 is 0 Å². The molecule has 0 bridgehead atoms. The van der Waals surface area contributed by atoms with Crippen molar-refractivity contribution in [1.82, 2.24) is 15.1 Å². The lowest BCUT2D eigenvalue weighted by atomic mass is 10.0. The van der Waals surface area contributed by atoms with Gasteiger partial charge in [0.1, 0.15) is 6.04 Å². The number of likely N-dealkylation sites (tertiary alicyclic amines) is 1. The number of nitrogens with two attached hydrogens (primary N) is 1. The van der Waals surface area contributed by atoms with E-state index in [0.717, 1.165) is 12.8 Å². The number of amides is 2. The van der Waals surface area contributed by atoms with Gasteiger partial charge in [0.15, 0.2) is 4.34 Å². The van der Waals surface area contributed by atoms with Crippen molar-refractivity contribution in [3.8, 4) is 0 Å². The summed E-state index contributed by atoms with van der Waals surface area (Å²) in [4.78, 5) is 25.3. The summed E-state index contributed by atoms with van der Waals surface area (Å²) in [5, 5.41) is 11.7. The summed E-state index contributed by atoms with van der Waals surface area (Å²) in [5.74, 6) is -0.269. The van der Waals surface area contributed by atoms with Crippen LogP contribution in [0.5, 0.6) is 0 Å². The number of piperidine rings is 1. The smallest absolute Gasteiger partial charge is 0.240 e. The van der Waals surface area contributed by atoms with Crippen molar-refractivity contribution in [2.75, 3.05) is 24.2 Å². The summed E-state index contributed by atoms with van der Waals surface area (Å²) in [6, 6.07) is -0.471. The van der Waals surface area contributed by atoms with Crippen LogP contribution in [0.3, 0.4) is 0 Å². The van der Waals surface area contributed by atoms with Crippen LogP contribution >= 0.6 is 23.1 Å². The molecule has 22 heavy (non-hydrogen) atoms. The minimum atomic E-state index is -0.471. The van der Waals surface area contributed by atoms with Gasteiger partial charge in [-0.3, -0.25) is 9.59 Å². The van der Waals surface area contributed by atoms with Gasteiger partial charge in [-0.1, -0.05) is 29.2 Å². The van der Waals surface area contributed by atoms with Crippen LogP contribution in [0, 0.1) is 0 Å². The van der Waals surface area contributed by atoms with Crippen LogP contribution in [0.1, 0.15) is 19.3 Å². The third-order valence-electron chi connectivity index (χ3n) is 3.27. The Kier molecular flexibility index (Phi) is 6.20. The standard InChI is InChI=1S/C13H19N5O2S2/c1-2-6-15-12-16-17-13(22-12)21-8-10(19)18-7-4-3-5-9(18)11(14)20/h2,9H,1,3-8H2,(H2,14,20)(H,15,16)/t9-/m1/s1. The Hall–Kier alpha value is -1.61. The average Bonchev–Trinajstić information content (AvgIpc) is 2.98. The van der Waals surface area contributed by atoms with E-state index in [-0.39, 0.29) is 11.7 Å². The van der Waals surface area contributed by atoms with Crippen LogP contribution in [0.15, 0.2) is 17.0 Å². The Labute approximate surface area is 137 Å². The van der Waals surface area contributed by atoms with E-state index in [0.29, 0.717) is 29.0 Å². The third-order valence-corrected chi connectivity index (χ3v) is 5.27. The largest absolute Gasteiger partial charge is 0.368 e. The highest BCUT2D eigenvalue weighted by Crippen LogP contribution is 2.26. The van der Waals surface area contributed by atoms with Crippen molar-refractivity contribution in [1.29, 1.82) is 0 Å². The second kappa shape index (κ2) is 8.14. The Morgan fingerprint density at radius 2 is 2.32 bits per heavy atom. The van der Waals surface area contributed by atoms with E-state index in [4.69, 9.17) is 5.73 Å². The van der Waals surface area contributed by atoms with Gasteiger partial charge in [0, 0.05) is 13.1 Å². The van der Waals surface area contributed by atoms with Crippen molar-refractivity contribution in [2.45, 2.75) is 29.6 Å². The molecule has 9 heteroatoms. The fourth-order valence-corrected chi connectivity index (χ4v) is 3.88. The average molecular weight is 341 g/mol. The Balaban J connectivity index is 1.87. The molecule has 2 amide bonds. The Morgan fingerprint density at radius 3 is 3.05 bits per heavy atom. The first kappa shape index (κ1) is 16.8. The molecule has 7 nitrogen and oxygen atoms in total. The zero-order valence-corrected chi connectivity index (χ0v) is 13.8. The number of thioether (sulfide) groups is 1. The number of carbonyl (C=O) groups is 2. The van der Waals surface area contributed by atoms with Crippen molar-refractivity contribution in [3.05, 3.63) is 12.7 Å². The number of nitrogens with zero attached hydrogens (tertiary/aromatic N) is 3. The number of hydrogen-bond acceptors (Lipinski definition) is 7. The van der Waals surface area contributed by atoms with E-state index in [9.17, 15) is 9.59 Å². The van der Waals surface area contributed by atoms with E-state index in [2.05, 4.69) is 22.1 Å². The summed E-state index contributed by atoms with van der Waals surface area (Å²) in [6.07, 6.45) is 4.23. The topological polar surface area (TPSA) is 101 Å². The van der Waals surface area contributed by atoms with E-state index in [1.54, 1.807) is 11.0 Å². The normalized spacial score (nSPS) is 18.0. The number of anilines is 1. The number of hydrogen-bond donors (Lipinski definition) is 2. The van der Waals surface area contributed by atoms with Gasteiger partial charge in [0.25, 0.3) is 0 Å². The number of primary amides is 1. The maximum absolute atomic E-state index is 12.3. The van der Waals surface area contributed by atoms with Crippen molar-refractivity contribution in [3.63, 3.8) is 0 Å². The molecule has 2 rings (SSSR count). The first-order chi connectivity index (χ1) is 10.6. The molecule has 0 aromatic carbocycles. The monoisotopic (exact) mass is 341 g/mol. The van der Waals surface area contributed by atoms with Crippen LogP contribution in [0.2, 0.25) is 0 Å². The first-order valence-electron chi connectivity index (χ1n) is 7.01. The summed E-state index contributed by atoms with van der Waals surface area (Å²) < 4.78 is 0.715. The molecule has 1 aromatic rings. The van der Waals surface area contributed by atoms with Crippen molar-refractivity contribution < 1.29 is 9.59 Å². The molecule has 1 aliphatic rings. The predicted octanol–water partition coefficient (Wildman–Crippen LogP) is 1.09. The zero-order valence-electron chi connectivity index (χ0n) is 12.2. The minimum absolute atomic E-state index is 0.0794. The predicted molar refractivity (Wildman–Crippen MR) is 87.9 cm³/mol. The summed E-state index contributed by atoms with van der Waals surface area (Å²) >= 11 is 2.71. The molecular weight excluding hydrogens is 322 g/mol. The second-order valence-corrected chi connectivity index (χ2v) is 7.03. The number of nitrogens with one attached hydrogen (secondary N) is 1. The SMILES string of the molecule is C=CCNc1nnc(SCC(=O)N2CCCC[C@@H]2C(N)=O)s1. The van der Waals surface area contributed by atoms with Gasteiger partial charge in [0.05, 0.1) is 5.75 Å². The molecule has 3 N–H and O–H groups in total. The van der Waals surface area contributed by atoms with Crippen molar-refractivity contribution in [2.24, 2.45) is 5.73 Å². The number of carbonyl (C=O) groups excluding carboxylic acids is 2. The van der Waals surface area contributed by atoms with Gasteiger partial charge in [0.2, 0.25) is 16.9 Å². The van der Waals surface area contributed by atoms with E-state index in [1.807, 2.05) is 0 Å². The van der Waals surface area contributed by atoms with Gasteiger partial charge >= 0.3 is 0 Å². The van der Waals surface area contributed by atoms with Gasteiger partial charge in [-0.2, -0.15) is 0 Å². The Bertz CT molecular complexity index is 548. The highest BCUT2D eigenvalue weighted by Gasteiger charge is 2.30. The van der Waals surface area contributed by atoms with Crippen LogP contribution in [0.4, 0.5) is 5.13 Å². The van der Waals surface area contributed by atoms with Crippen LogP contribution < -0.4 is 11.1 Å². The fraction of sp³-hybridized carbons (Fsp3) is 0.538. The van der Waals surface area contributed by atoms with E-state index < -0.39 is 11.9 Å². The third kappa shape index (κ3) is 4.44. The molecule has 0 aliphatic carbocycles. The molecule has 0 spiro atoms. The van der Waals surface area contributed by atoms with Crippen LogP contribution in [-0.2, 0) is 9.59 Å². The molecule has 120 valence electrons. The molecule has 1 saturated heterocycles. The lowest BCUT2D eigenvalue weighted by molar-refractivity contribution is -0.138. The molecule has 2 heterocycles. The lowest BCUT2D eigenvalue weighted by Gasteiger charge is -2.33. The highest BCUT2D eigenvalue weighted by molar-refractivity contribution is 8.01. The number of rotatable bonds is 7. The molecular formula is C13H19N5O2S2. The second-order valence-electron chi connectivity index (χ2n) is 4.83. The molecule has 1 atom stereocenters.